The van der Waals surface area contributed by atoms with Gasteiger partial charge in [0.05, 0.1) is 23.9 Å². The fraction of sp³-hybridized carbons (Fsp3) is 0.148. The topological polar surface area (TPSA) is 92.9 Å². The van der Waals surface area contributed by atoms with Gasteiger partial charge in [-0.05, 0) is 74.0 Å². The third kappa shape index (κ3) is 4.54. The summed E-state index contributed by atoms with van der Waals surface area (Å²) < 4.78 is 7.07. The number of carbonyl (C=O) groups is 2. The summed E-state index contributed by atoms with van der Waals surface area (Å²) >= 11 is 0. The zero-order chi connectivity index (χ0) is 24.2. The van der Waals surface area contributed by atoms with Gasteiger partial charge in [0.1, 0.15) is 5.75 Å². The average molecular weight is 456 g/mol. The van der Waals surface area contributed by atoms with Crippen LogP contribution in [0.25, 0.3) is 16.5 Å². The van der Waals surface area contributed by atoms with E-state index in [4.69, 9.17) is 4.74 Å². The number of benzene rings is 3. The lowest BCUT2D eigenvalue weighted by atomic mass is 10.1. The fourth-order valence-corrected chi connectivity index (χ4v) is 3.91. The number of aromatic nitrogens is 1. The van der Waals surface area contributed by atoms with Crippen LogP contribution in [0.1, 0.15) is 44.6 Å². The van der Waals surface area contributed by atoms with E-state index in [9.17, 15) is 14.7 Å². The number of nitrogens with zero attached hydrogens (tertiary/aromatic N) is 2. The number of hydrogen-bond acceptors (Lipinski definition) is 5. The van der Waals surface area contributed by atoms with Crippen molar-refractivity contribution in [1.82, 2.24) is 9.99 Å². The highest BCUT2D eigenvalue weighted by Crippen LogP contribution is 2.25. The summed E-state index contributed by atoms with van der Waals surface area (Å²) in [7, 11) is 0. The molecule has 4 aromatic rings. The molecule has 0 spiro atoms. The number of nitrogens with one attached hydrogen (secondary N) is 1. The number of amides is 1. The Kier molecular flexibility index (Phi) is 6.45. The van der Waals surface area contributed by atoms with Crippen molar-refractivity contribution in [3.8, 4) is 11.4 Å². The van der Waals surface area contributed by atoms with Crippen LogP contribution in [0, 0.1) is 13.8 Å². The van der Waals surface area contributed by atoms with E-state index in [1.807, 2.05) is 60.9 Å². The molecule has 1 aromatic heterocycles. The predicted octanol–water partition coefficient (Wildman–Crippen LogP) is 4.89. The van der Waals surface area contributed by atoms with Crippen LogP contribution < -0.4 is 5.43 Å². The minimum absolute atomic E-state index is 0.101. The molecule has 0 aliphatic heterocycles. The van der Waals surface area contributed by atoms with Crippen LogP contribution in [0.15, 0.2) is 71.8 Å². The molecule has 0 atom stereocenters. The molecule has 1 amide bonds. The van der Waals surface area contributed by atoms with Crippen molar-refractivity contribution in [3.05, 3.63) is 94.8 Å². The van der Waals surface area contributed by atoms with E-state index in [2.05, 4.69) is 10.5 Å². The van der Waals surface area contributed by atoms with Crippen LogP contribution in [0.2, 0.25) is 0 Å². The summed E-state index contributed by atoms with van der Waals surface area (Å²) in [5.41, 5.74) is 6.76. The molecule has 0 radical (unpaired) electrons. The third-order valence-electron chi connectivity index (χ3n) is 5.59. The Hall–Kier alpha value is -4.39. The lowest BCUT2D eigenvalue weighted by Gasteiger charge is -2.10. The fourth-order valence-electron chi connectivity index (χ4n) is 3.91. The first kappa shape index (κ1) is 22.8. The van der Waals surface area contributed by atoms with Gasteiger partial charge < -0.3 is 14.4 Å². The standard InChI is InChI=1S/C27H25N3O4/c1-4-34-27(33)19-9-11-23(12-10-19)30-17(2)13-22(18(30)3)16-28-29-26(32)24-14-20-7-5-6-8-21(20)15-25(24)31/h5-16,31H,4H2,1-3H3,(H,29,32). The zero-order valence-corrected chi connectivity index (χ0v) is 19.2. The Bertz CT molecular complexity index is 1400. The first-order valence-electron chi connectivity index (χ1n) is 10.9. The second kappa shape index (κ2) is 9.62. The minimum Gasteiger partial charge on any atom is -0.507 e. The van der Waals surface area contributed by atoms with Gasteiger partial charge in [0.2, 0.25) is 0 Å². The van der Waals surface area contributed by atoms with E-state index in [0.29, 0.717) is 12.2 Å². The molecule has 0 aliphatic carbocycles. The lowest BCUT2D eigenvalue weighted by Crippen LogP contribution is -2.17. The molecule has 0 bridgehead atoms. The van der Waals surface area contributed by atoms with E-state index < -0.39 is 5.91 Å². The van der Waals surface area contributed by atoms with Crippen molar-refractivity contribution >= 4 is 28.9 Å². The van der Waals surface area contributed by atoms with E-state index >= 15 is 0 Å². The van der Waals surface area contributed by atoms with Gasteiger partial charge in [0.15, 0.2) is 0 Å². The molecular formula is C27H25N3O4. The molecule has 0 aliphatic rings. The maximum absolute atomic E-state index is 12.6. The molecule has 0 saturated heterocycles. The number of fused-ring (bicyclic) bond motifs is 1. The van der Waals surface area contributed by atoms with Crippen molar-refractivity contribution in [2.75, 3.05) is 6.61 Å². The van der Waals surface area contributed by atoms with Gasteiger partial charge in [0.25, 0.3) is 5.91 Å². The average Bonchev–Trinajstić information content (AvgIpc) is 3.11. The number of aromatic hydroxyl groups is 1. The molecule has 34 heavy (non-hydrogen) atoms. The quantitative estimate of drug-likeness (QED) is 0.246. The lowest BCUT2D eigenvalue weighted by molar-refractivity contribution is 0.0526. The predicted molar refractivity (Wildman–Crippen MR) is 132 cm³/mol. The number of carbonyl (C=O) groups excluding carboxylic acids is 2. The molecule has 1 heterocycles. The van der Waals surface area contributed by atoms with Crippen molar-refractivity contribution in [2.24, 2.45) is 5.10 Å². The molecule has 0 fully saturated rings. The van der Waals surface area contributed by atoms with Crippen LogP contribution in [0.5, 0.6) is 5.75 Å². The summed E-state index contributed by atoms with van der Waals surface area (Å²) in [6.45, 7) is 6.02. The van der Waals surface area contributed by atoms with Gasteiger partial charge in [-0.25, -0.2) is 10.2 Å². The van der Waals surface area contributed by atoms with Crippen molar-refractivity contribution in [1.29, 1.82) is 0 Å². The molecule has 0 saturated carbocycles. The minimum atomic E-state index is -0.497. The number of ether oxygens (including phenoxy) is 1. The smallest absolute Gasteiger partial charge is 0.338 e. The van der Waals surface area contributed by atoms with E-state index in [0.717, 1.165) is 33.4 Å². The number of aryl methyl sites for hydroxylation is 1. The molecule has 172 valence electrons. The van der Waals surface area contributed by atoms with Gasteiger partial charge in [-0.3, -0.25) is 4.79 Å². The zero-order valence-electron chi connectivity index (χ0n) is 19.2. The number of hydrazone groups is 1. The summed E-state index contributed by atoms with van der Waals surface area (Å²) in [6, 6.07) is 19.8. The monoisotopic (exact) mass is 455 g/mol. The Morgan fingerprint density at radius 3 is 2.38 bits per heavy atom. The van der Waals surface area contributed by atoms with Crippen molar-refractivity contribution in [3.63, 3.8) is 0 Å². The molecule has 3 aromatic carbocycles. The Balaban J connectivity index is 1.51. The second-order valence-electron chi connectivity index (χ2n) is 7.84. The first-order chi connectivity index (χ1) is 16.4. The number of esters is 1. The van der Waals surface area contributed by atoms with Crippen LogP contribution in [-0.4, -0.2) is 34.4 Å². The second-order valence-corrected chi connectivity index (χ2v) is 7.84. The van der Waals surface area contributed by atoms with Crippen molar-refractivity contribution in [2.45, 2.75) is 20.8 Å². The van der Waals surface area contributed by atoms with Gasteiger partial charge in [-0.15, -0.1) is 0 Å². The van der Waals surface area contributed by atoms with E-state index in [1.54, 1.807) is 37.4 Å². The van der Waals surface area contributed by atoms with Crippen molar-refractivity contribution < 1.29 is 19.4 Å². The van der Waals surface area contributed by atoms with E-state index in [-0.39, 0.29) is 17.3 Å². The number of rotatable bonds is 6. The number of phenols is 1. The normalized spacial score (nSPS) is 11.1. The molecule has 2 N–H and O–H groups in total. The molecule has 4 rings (SSSR count). The largest absolute Gasteiger partial charge is 0.507 e. The molecular weight excluding hydrogens is 430 g/mol. The molecule has 7 heteroatoms. The van der Waals surface area contributed by atoms with Gasteiger partial charge >= 0.3 is 5.97 Å². The summed E-state index contributed by atoms with van der Waals surface area (Å²) in [6.07, 6.45) is 1.57. The van der Waals surface area contributed by atoms with Crippen LogP contribution >= 0.6 is 0 Å². The summed E-state index contributed by atoms with van der Waals surface area (Å²) in [5, 5.41) is 16.0. The first-order valence-corrected chi connectivity index (χ1v) is 10.9. The summed E-state index contributed by atoms with van der Waals surface area (Å²) in [5.74, 6) is -0.949. The maximum atomic E-state index is 12.6. The number of hydrogen-bond donors (Lipinski definition) is 2. The van der Waals surface area contributed by atoms with Crippen LogP contribution in [0.3, 0.4) is 0 Å². The Morgan fingerprint density at radius 2 is 1.71 bits per heavy atom. The Morgan fingerprint density at radius 1 is 1.03 bits per heavy atom. The van der Waals surface area contributed by atoms with Gasteiger partial charge in [0, 0.05) is 22.6 Å². The Labute approximate surface area is 197 Å². The SMILES string of the molecule is CCOC(=O)c1ccc(-n2c(C)cc(C=NNC(=O)c3cc4ccccc4cc3O)c2C)cc1. The van der Waals surface area contributed by atoms with Crippen LogP contribution in [0.4, 0.5) is 0 Å². The van der Waals surface area contributed by atoms with E-state index in [1.165, 1.54) is 0 Å². The number of phenolic OH excluding ortho intramolecular Hbond substituents is 1. The van der Waals surface area contributed by atoms with Crippen LogP contribution in [-0.2, 0) is 4.74 Å². The third-order valence-corrected chi connectivity index (χ3v) is 5.59. The highest BCUT2D eigenvalue weighted by molar-refractivity contribution is 6.01. The molecule has 0 unspecified atom stereocenters. The molecule has 7 nitrogen and oxygen atoms in total. The van der Waals surface area contributed by atoms with Gasteiger partial charge in [-0.2, -0.15) is 5.10 Å². The van der Waals surface area contributed by atoms with Gasteiger partial charge in [-0.1, -0.05) is 24.3 Å². The maximum Gasteiger partial charge on any atom is 0.338 e. The summed E-state index contributed by atoms with van der Waals surface area (Å²) in [4.78, 5) is 24.5. The highest BCUT2D eigenvalue weighted by Gasteiger charge is 2.13. The highest BCUT2D eigenvalue weighted by atomic mass is 16.5.